The van der Waals surface area contributed by atoms with E-state index in [9.17, 15) is 9.18 Å². The van der Waals surface area contributed by atoms with Gasteiger partial charge in [-0.3, -0.25) is 0 Å². The van der Waals surface area contributed by atoms with Crippen LogP contribution in [0.4, 0.5) is 9.18 Å². The number of carboxylic acid groups (broad SMARTS) is 1. The Hall–Kier alpha value is -2.40. The molecule has 1 amide bonds. The third-order valence-corrected chi connectivity index (χ3v) is 4.86. The Morgan fingerprint density at radius 2 is 1.92 bits per heavy atom. The lowest BCUT2D eigenvalue weighted by atomic mass is 9.92. The Morgan fingerprint density at radius 3 is 2.64 bits per heavy atom. The molecule has 2 N–H and O–H groups in total. The van der Waals surface area contributed by atoms with Crippen LogP contribution in [0.25, 0.3) is 0 Å². The lowest BCUT2D eigenvalue weighted by Crippen LogP contribution is -2.34. The van der Waals surface area contributed by atoms with E-state index in [1.165, 1.54) is 11.6 Å². The molecule has 2 atom stereocenters. The predicted molar refractivity (Wildman–Crippen MR) is 95.0 cm³/mol. The molecular formula is C20H23FN2O2. The minimum absolute atomic E-state index is 0.0729. The summed E-state index contributed by atoms with van der Waals surface area (Å²) in [5.74, 6) is -0.284. The van der Waals surface area contributed by atoms with Crippen LogP contribution in [0.1, 0.15) is 23.6 Å². The van der Waals surface area contributed by atoms with Crippen molar-refractivity contribution in [3.05, 3.63) is 71.5 Å². The summed E-state index contributed by atoms with van der Waals surface area (Å²) in [4.78, 5) is 13.5. The standard InChI is InChI=1S/C20H23FN2O2/c21-18-9-5-4-8-17(18)19(22-20(24)25)16-11-13-23(14-16)12-10-15-6-2-1-3-7-15/h1-9,16,19,22H,10-14H2,(H,24,25)/t16-,19?/m0/s1. The fourth-order valence-corrected chi connectivity index (χ4v) is 3.58. The van der Waals surface area contributed by atoms with Crippen LogP contribution >= 0.6 is 0 Å². The molecule has 25 heavy (non-hydrogen) atoms. The number of halogens is 1. The molecule has 5 heteroatoms. The Morgan fingerprint density at radius 1 is 1.20 bits per heavy atom. The second kappa shape index (κ2) is 8.12. The van der Waals surface area contributed by atoms with Crippen molar-refractivity contribution in [2.45, 2.75) is 18.9 Å². The summed E-state index contributed by atoms with van der Waals surface area (Å²) >= 11 is 0. The Balaban J connectivity index is 1.65. The van der Waals surface area contributed by atoms with Gasteiger partial charge in [0.15, 0.2) is 0 Å². The summed E-state index contributed by atoms with van der Waals surface area (Å²) in [6.07, 6.45) is 0.703. The number of rotatable bonds is 6. The van der Waals surface area contributed by atoms with Crippen LogP contribution in [0.15, 0.2) is 54.6 Å². The van der Waals surface area contributed by atoms with Crippen LogP contribution in [0.2, 0.25) is 0 Å². The van der Waals surface area contributed by atoms with Gasteiger partial charge >= 0.3 is 6.09 Å². The van der Waals surface area contributed by atoms with E-state index in [0.717, 1.165) is 32.5 Å². The first kappa shape index (κ1) is 17.4. The molecule has 0 bridgehead atoms. The fourth-order valence-electron chi connectivity index (χ4n) is 3.58. The van der Waals surface area contributed by atoms with Gasteiger partial charge in [-0.1, -0.05) is 48.5 Å². The monoisotopic (exact) mass is 342 g/mol. The van der Waals surface area contributed by atoms with E-state index in [1.54, 1.807) is 18.2 Å². The second-order valence-corrected chi connectivity index (χ2v) is 6.53. The average molecular weight is 342 g/mol. The summed E-state index contributed by atoms with van der Waals surface area (Å²) in [5, 5.41) is 11.7. The van der Waals surface area contributed by atoms with Gasteiger partial charge in [0.1, 0.15) is 5.82 Å². The van der Waals surface area contributed by atoms with Gasteiger partial charge in [-0.2, -0.15) is 0 Å². The molecule has 0 radical (unpaired) electrons. The SMILES string of the molecule is O=C(O)NC(c1ccccc1F)[C@H]1CCN(CCc2ccccc2)C1. The van der Waals surface area contributed by atoms with E-state index in [4.69, 9.17) is 5.11 Å². The van der Waals surface area contributed by atoms with E-state index < -0.39 is 12.1 Å². The first-order chi connectivity index (χ1) is 12.1. The van der Waals surface area contributed by atoms with Crippen molar-refractivity contribution in [3.63, 3.8) is 0 Å². The van der Waals surface area contributed by atoms with E-state index in [1.807, 2.05) is 18.2 Å². The molecule has 1 fully saturated rings. The topological polar surface area (TPSA) is 52.6 Å². The summed E-state index contributed by atoms with van der Waals surface area (Å²) in [7, 11) is 0. The molecule has 3 rings (SSSR count). The van der Waals surface area contributed by atoms with Gasteiger partial charge < -0.3 is 15.3 Å². The number of benzene rings is 2. The molecule has 2 aromatic carbocycles. The van der Waals surface area contributed by atoms with Crippen LogP contribution in [0, 0.1) is 11.7 Å². The minimum Gasteiger partial charge on any atom is -0.465 e. The van der Waals surface area contributed by atoms with Crippen molar-refractivity contribution in [1.29, 1.82) is 0 Å². The highest BCUT2D eigenvalue weighted by Crippen LogP contribution is 2.31. The smallest absolute Gasteiger partial charge is 0.405 e. The summed E-state index contributed by atoms with van der Waals surface area (Å²) in [6, 6.07) is 16.2. The molecule has 1 aliphatic heterocycles. The Labute approximate surface area is 147 Å². The van der Waals surface area contributed by atoms with Crippen LogP contribution in [0.3, 0.4) is 0 Å². The van der Waals surface area contributed by atoms with Gasteiger partial charge in [0.05, 0.1) is 6.04 Å². The van der Waals surface area contributed by atoms with Gasteiger partial charge in [0.25, 0.3) is 0 Å². The molecule has 0 aliphatic carbocycles. The fraction of sp³-hybridized carbons (Fsp3) is 0.350. The normalized spacial score (nSPS) is 18.8. The molecule has 0 saturated carbocycles. The molecular weight excluding hydrogens is 319 g/mol. The quantitative estimate of drug-likeness (QED) is 0.842. The molecule has 4 nitrogen and oxygen atoms in total. The molecule has 1 aliphatic rings. The zero-order valence-electron chi connectivity index (χ0n) is 14.1. The van der Waals surface area contributed by atoms with Gasteiger partial charge in [-0.15, -0.1) is 0 Å². The Bertz CT molecular complexity index is 708. The van der Waals surface area contributed by atoms with E-state index in [0.29, 0.717) is 5.56 Å². The number of hydrogen-bond acceptors (Lipinski definition) is 2. The Kier molecular flexibility index (Phi) is 5.66. The predicted octanol–water partition coefficient (Wildman–Crippen LogP) is 3.70. The largest absolute Gasteiger partial charge is 0.465 e. The number of amides is 1. The zero-order valence-corrected chi connectivity index (χ0v) is 14.1. The van der Waals surface area contributed by atoms with Crippen molar-refractivity contribution < 1.29 is 14.3 Å². The highest BCUT2D eigenvalue weighted by atomic mass is 19.1. The van der Waals surface area contributed by atoms with Gasteiger partial charge in [0.2, 0.25) is 0 Å². The maximum Gasteiger partial charge on any atom is 0.405 e. The van der Waals surface area contributed by atoms with Crippen LogP contribution in [-0.4, -0.2) is 35.7 Å². The minimum atomic E-state index is -1.11. The molecule has 132 valence electrons. The van der Waals surface area contributed by atoms with Crippen LogP contribution in [0.5, 0.6) is 0 Å². The molecule has 2 aromatic rings. The molecule has 0 spiro atoms. The molecule has 1 unspecified atom stereocenters. The van der Waals surface area contributed by atoms with Crippen molar-refractivity contribution in [1.82, 2.24) is 10.2 Å². The lowest BCUT2D eigenvalue weighted by molar-refractivity contribution is 0.183. The average Bonchev–Trinajstić information content (AvgIpc) is 3.08. The lowest BCUT2D eigenvalue weighted by Gasteiger charge is -2.25. The number of likely N-dealkylation sites (tertiary alicyclic amines) is 1. The van der Waals surface area contributed by atoms with Crippen molar-refractivity contribution in [3.8, 4) is 0 Å². The first-order valence-corrected chi connectivity index (χ1v) is 8.63. The van der Waals surface area contributed by atoms with Gasteiger partial charge in [-0.05, 0) is 36.9 Å². The summed E-state index contributed by atoms with van der Waals surface area (Å²) in [5.41, 5.74) is 1.72. The molecule has 1 saturated heterocycles. The van der Waals surface area contributed by atoms with Crippen LogP contribution < -0.4 is 5.32 Å². The van der Waals surface area contributed by atoms with Gasteiger partial charge in [-0.25, -0.2) is 9.18 Å². The van der Waals surface area contributed by atoms with E-state index in [-0.39, 0.29) is 11.7 Å². The molecule has 0 aromatic heterocycles. The number of carbonyl (C=O) groups is 1. The van der Waals surface area contributed by atoms with E-state index in [2.05, 4.69) is 22.3 Å². The highest BCUT2D eigenvalue weighted by molar-refractivity contribution is 5.65. The van der Waals surface area contributed by atoms with Crippen LogP contribution in [-0.2, 0) is 6.42 Å². The van der Waals surface area contributed by atoms with E-state index >= 15 is 0 Å². The third kappa shape index (κ3) is 4.57. The zero-order chi connectivity index (χ0) is 17.6. The van der Waals surface area contributed by atoms with Gasteiger partial charge in [0, 0.05) is 18.7 Å². The maximum atomic E-state index is 14.2. The van der Waals surface area contributed by atoms with Crippen molar-refractivity contribution in [2.24, 2.45) is 5.92 Å². The number of nitrogens with one attached hydrogen (secondary N) is 1. The maximum absolute atomic E-state index is 14.2. The third-order valence-electron chi connectivity index (χ3n) is 4.86. The summed E-state index contributed by atoms with van der Waals surface area (Å²) < 4.78 is 14.2. The number of nitrogens with zero attached hydrogens (tertiary/aromatic N) is 1. The highest BCUT2D eigenvalue weighted by Gasteiger charge is 2.32. The van der Waals surface area contributed by atoms with Crippen molar-refractivity contribution >= 4 is 6.09 Å². The second-order valence-electron chi connectivity index (χ2n) is 6.53. The first-order valence-electron chi connectivity index (χ1n) is 8.63. The molecule has 1 heterocycles. The van der Waals surface area contributed by atoms with Crippen molar-refractivity contribution in [2.75, 3.05) is 19.6 Å². The number of hydrogen-bond donors (Lipinski definition) is 2. The summed E-state index contributed by atoms with van der Waals surface area (Å²) in [6.45, 7) is 2.60.